The molecule has 3 aromatic heterocycles. The van der Waals surface area contributed by atoms with Crippen LogP contribution in [0.2, 0.25) is 0 Å². The van der Waals surface area contributed by atoms with Gasteiger partial charge in [0.1, 0.15) is 0 Å². The van der Waals surface area contributed by atoms with Crippen LogP contribution in [0.3, 0.4) is 0 Å². The summed E-state index contributed by atoms with van der Waals surface area (Å²) in [6, 6.07) is 6.77. The predicted octanol–water partition coefficient (Wildman–Crippen LogP) is 4.28. The van der Waals surface area contributed by atoms with Gasteiger partial charge in [-0.3, -0.25) is 0 Å². The second kappa shape index (κ2) is 5.77. The van der Waals surface area contributed by atoms with Crippen LogP contribution in [0.4, 0.5) is 5.00 Å². The Hall–Kier alpha value is -2.01. The fraction of sp³-hybridized carbons (Fsp3) is 0.312. The van der Waals surface area contributed by atoms with E-state index in [1.807, 2.05) is 17.5 Å². The molecule has 21 heavy (non-hydrogen) atoms. The average Bonchev–Trinajstić information content (AvgIpc) is 3.06. The molecule has 3 aromatic rings. The average molecular weight is 301 g/mol. The Kier molecular flexibility index (Phi) is 3.84. The molecule has 0 aliphatic carbocycles. The number of ether oxygens (including phenoxy) is 1. The molecule has 1 N–H and O–H groups in total. The molecule has 0 bridgehead atoms. The van der Waals surface area contributed by atoms with Gasteiger partial charge in [0.05, 0.1) is 11.6 Å². The molecule has 0 aromatic carbocycles. The summed E-state index contributed by atoms with van der Waals surface area (Å²) in [5, 5.41) is 4.62. The molecule has 0 unspecified atom stereocenters. The minimum Gasteiger partial charge on any atom is -0.490 e. The Labute approximate surface area is 128 Å². The molecule has 0 amide bonds. The van der Waals surface area contributed by atoms with E-state index >= 15 is 0 Å². The van der Waals surface area contributed by atoms with Gasteiger partial charge in [-0.25, -0.2) is 4.98 Å². The van der Waals surface area contributed by atoms with E-state index in [2.05, 4.69) is 48.5 Å². The summed E-state index contributed by atoms with van der Waals surface area (Å²) in [6.07, 6.45) is 5.83. The van der Waals surface area contributed by atoms with Crippen LogP contribution in [0.15, 0.2) is 36.8 Å². The zero-order chi connectivity index (χ0) is 14.8. The molecule has 3 heterocycles. The SMILES string of the molecule is CCOc1cc(-c2ccc(NC(C)C)s2)cn2ccnc12. The van der Waals surface area contributed by atoms with E-state index in [9.17, 15) is 0 Å². The lowest BCUT2D eigenvalue weighted by atomic mass is 10.2. The molecule has 0 radical (unpaired) electrons. The van der Waals surface area contributed by atoms with Crippen molar-refractivity contribution in [2.45, 2.75) is 26.8 Å². The maximum Gasteiger partial charge on any atom is 0.179 e. The number of anilines is 1. The zero-order valence-corrected chi connectivity index (χ0v) is 13.3. The predicted molar refractivity (Wildman–Crippen MR) is 88.4 cm³/mol. The van der Waals surface area contributed by atoms with E-state index in [1.54, 1.807) is 17.5 Å². The van der Waals surface area contributed by atoms with Gasteiger partial charge in [-0.1, -0.05) is 0 Å². The Morgan fingerprint density at radius 3 is 3.00 bits per heavy atom. The van der Waals surface area contributed by atoms with E-state index in [1.165, 1.54) is 9.88 Å². The summed E-state index contributed by atoms with van der Waals surface area (Å²) in [5.74, 6) is 0.826. The van der Waals surface area contributed by atoms with Crippen molar-refractivity contribution >= 4 is 22.0 Å². The number of aromatic nitrogens is 2. The summed E-state index contributed by atoms with van der Waals surface area (Å²) in [7, 11) is 0. The Morgan fingerprint density at radius 1 is 1.38 bits per heavy atom. The fourth-order valence-electron chi connectivity index (χ4n) is 2.25. The first-order chi connectivity index (χ1) is 10.2. The fourth-order valence-corrected chi connectivity index (χ4v) is 3.29. The lowest BCUT2D eigenvalue weighted by Gasteiger charge is -2.08. The molecule has 0 saturated carbocycles. The zero-order valence-electron chi connectivity index (χ0n) is 12.5. The first-order valence-corrected chi connectivity index (χ1v) is 7.95. The first kappa shape index (κ1) is 13.9. The van der Waals surface area contributed by atoms with Crippen molar-refractivity contribution in [3.05, 3.63) is 36.8 Å². The molecule has 0 fully saturated rings. The van der Waals surface area contributed by atoms with Crippen molar-refractivity contribution in [3.63, 3.8) is 0 Å². The van der Waals surface area contributed by atoms with Crippen LogP contribution >= 0.6 is 11.3 Å². The number of pyridine rings is 1. The van der Waals surface area contributed by atoms with E-state index in [-0.39, 0.29) is 0 Å². The molecule has 110 valence electrons. The highest BCUT2D eigenvalue weighted by atomic mass is 32.1. The number of rotatable bonds is 5. The summed E-state index contributed by atoms with van der Waals surface area (Å²) in [5.41, 5.74) is 2.00. The highest BCUT2D eigenvalue weighted by Gasteiger charge is 2.10. The van der Waals surface area contributed by atoms with E-state index in [0.717, 1.165) is 17.0 Å². The van der Waals surface area contributed by atoms with Gasteiger partial charge in [0.2, 0.25) is 0 Å². The normalized spacial score (nSPS) is 11.2. The molecular weight excluding hydrogens is 282 g/mol. The molecule has 5 heteroatoms. The van der Waals surface area contributed by atoms with E-state index in [0.29, 0.717) is 12.6 Å². The number of nitrogens with one attached hydrogen (secondary N) is 1. The van der Waals surface area contributed by atoms with E-state index < -0.39 is 0 Å². The highest BCUT2D eigenvalue weighted by molar-refractivity contribution is 7.19. The highest BCUT2D eigenvalue weighted by Crippen LogP contribution is 2.34. The van der Waals surface area contributed by atoms with Gasteiger partial charge in [-0.05, 0) is 39.0 Å². The molecule has 0 atom stereocenters. The lowest BCUT2D eigenvalue weighted by Crippen LogP contribution is -2.07. The Morgan fingerprint density at radius 2 is 2.24 bits per heavy atom. The monoisotopic (exact) mass is 301 g/mol. The molecule has 0 aliphatic rings. The number of fused-ring (bicyclic) bond motifs is 1. The molecule has 0 saturated heterocycles. The first-order valence-electron chi connectivity index (χ1n) is 7.13. The number of thiophene rings is 1. The van der Waals surface area contributed by atoms with Gasteiger partial charge in [-0.15, -0.1) is 11.3 Å². The van der Waals surface area contributed by atoms with Gasteiger partial charge >= 0.3 is 0 Å². The van der Waals surface area contributed by atoms with Crippen molar-refractivity contribution in [3.8, 4) is 16.2 Å². The van der Waals surface area contributed by atoms with Gasteiger partial charge in [-0.2, -0.15) is 0 Å². The van der Waals surface area contributed by atoms with Crippen LogP contribution in [-0.2, 0) is 0 Å². The van der Waals surface area contributed by atoms with Gasteiger partial charge in [0.15, 0.2) is 11.4 Å². The third-order valence-electron chi connectivity index (χ3n) is 3.08. The molecule has 0 spiro atoms. The Bertz CT molecular complexity index is 745. The second-order valence-corrected chi connectivity index (χ2v) is 6.23. The van der Waals surface area contributed by atoms with E-state index in [4.69, 9.17) is 4.74 Å². The maximum atomic E-state index is 5.72. The quantitative estimate of drug-likeness (QED) is 0.764. The standard InChI is InChI=1S/C16H19N3OS/c1-4-20-13-9-12(10-19-8-7-17-16(13)19)14-5-6-15(21-14)18-11(2)3/h5-11,18H,4H2,1-3H3. The van der Waals surface area contributed by atoms with Crippen LogP contribution in [0, 0.1) is 0 Å². The van der Waals surface area contributed by atoms with Crippen molar-refractivity contribution in [1.29, 1.82) is 0 Å². The summed E-state index contributed by atoms with van der Waals surface area (Å²) in [4.78, 5) is 5.56. The van der Waals surface area contributed by atoms with Gasteiger partial charge < -0.3 is 14.5 Å². The van der Waals surface area contributed by atoms with Crippen LogP contribution in [0.5, 0.6) is 5.75 Å². The largest absolute Gasteiger partial charge is 0.490 e. The topological polar surface area (TPSA) is 38.6 Å². The molecule has 0 aliphatic heterocycles. The van der Waals surface area contributed by atoms with Crippen molar-refractivity contribution < 1.29 is 4.74 Å². The number of hydrogen-bond acceptors (Lipinski definition) is 4. The lowest BCUT2D eigenvalue weighted by molar-refractivity contribution is 0.342. The van der Waals surface area contributed by atoms with Crippen LogP contribution < -0.4 is 10.1 Å². The second-order valence-electron chi connectivity index (χ2n) is 5.15. The van der Waals surface area contributed by atoms with Crippen LogP contribution in [0.1, 0.15) is 20.8 Å². The number of imidazole rings is 1. The minimum atomic E-state index is 0.437. The van der Waals surface area contributed by atoms with Gasteiger partial charge in [0, 0.05) is 35.1 Å². The Balaban J connectivity index is 2.01. The molecule has 3 rings (SSSR count). The van der Waals surface area contributed by atoms with Crippen molar-refractivity contribution in [1.82, 2.24) is 9.38 Å². The van der Waals surface area contributed by atoms with Crippen molar-refractivity contribution in [2.75, 3.05) is 11.9 Å². The van der Waals surface area contributed by atoms with Crippen LogP contribution in [-0.4, -0.2) is 22.0 Å². The third kappa shape index (κ3) is 2.88. The smallest absolute Gasteiger partial charge is 0.179 e. The van der Waals surface area contributed by atoms with Gasteiger partial charge in [0.25, 0.3) is 0 Å². The third-order valence-corrected chi connectivity index (χ3v) is 4.14. The molecule has 4 nitrogen and oxygen atoms in total. The van der Waals surface area contributed by atoms with Crippen LogP contribution in [0.25, 0.3) is 16.1 Å². The summed E-state index contributed by atoms with van der Waals surface area (Å²) < 4.78 is 7.73. The number of nitrogens with zero attached hydrogens (tertiary/aromatic N) is 2. The number of hydrogen-bond donors (Lipinski definition) is 1. The molecular formula is C16H19N3OS. The summed E-state index contributed by atoms with van der Waals surface area (Å²) >= 11 is 1.75. The van der Waals surface area contributed by atoms with Crippen molar-refractivity contribution in [2.24, 2.45) is 0 Å². The minimum absolute atomic E-state index is 0.437. The maximum absolute atomic E-state index is 5.72. The summed E-state index contributed by atoms with van der Waals surface area (Å²) in [6.45, 7) is 6.91.